The highest BCUT2D eigenvalue weighted by molar-refractivity contribution is 14.1. The number of nitrogens with zero attached hydrogens (tertiary/aromatic N) is 1. The Morgan fingerprint density at radius 1 is 1.21 bits per heavy atom. The number of aromatic amines is 1. The van der Waals surface area contributed by atoms with Crippen LogP contribution in [0, 0.1) is 3.57 Å². The summed E-state index contributed by atoms with van der Waals surface area (Å²) in [5, 5.41) is 2.79. The van der Waals surface area contributed by atoms with E-state index >= 15 is 0 Å². The summed E-state index contributed by atoms with van der Waals surface area (Å²) in [6.45, 7) is 0. The Kier molecular flexibility index (Phi) is 3.78. The van der Waals surface area contributed by atoms with Crippen LogP contribution in [-0.4, -0.2) is 9.97 Å². The Morgan fingerprint density at radius 2 is 1.84 bits per heavy atom. The van der Waals surface area contributed by atoms with Gasteiger partial charge in [-0.25, -0.2) is 4.98 Å². The van der Waals surface area contributed by atoms with Gasteiger partial charge in [0.25, 0.3) is 5.56 Å². The molecule has 4 nitrogen and oxygen atoms in total. The Balaban J connectivity index is 2.25. The average Bonchev–Trinajstić information content (AvgIpc) is 2.35. The van der Waals surface area contributed by atoms with Gasteiger partial charge in [0.15, 0.2) is 5.82 Å². The van der Waals surface area contributed by atoms with E-state index in [9.17, 15) is 18.0 Å². The number of benzene rings is 1. The smallest absolute Gasteiger partial charge is 0.339 e. The van der Waals surface area contributed by atoms with Crippen molar-refractivity contribution < 1.29 is 13.2 Å². The molecule has 0 fully saturated rings. The fourth-order valence-electron chi connectivity index (χ4n) is 1.35. The highest BCUT2D eigenvalue weighted by Gasteiger charge is 2.29. The second-order valence-corrected chi connectivity index (χ2v) is 4.67. The van der Waals surface area contributed by atoms with Gasteiger partial charge in [-0.05, 0) is 46.9 Å². The number of alkyl halides is 3. The standard InChI is InChI=1S/C11H7F3IN3O/c12-11(13,14)6-1-3-7(4-2-6)18-9-8(15)10(19)17-5-16-9/h1-5H,(H2,16,17,18,19). The van der Waals surface area contributed by atoms with Crippen molar-refractivity contribution in [2.45, 2.75) is 6.18 Å². The maximum Gasteiger partial charge on any atom is 0.416 e. The highest BCUT2D eigenvalue weighted by Crippen LogP contribution is 2.30. The molecule has 0 radical (unpaired) electrons. The molecule has 0 unspecified atom stereocenters. The van der Waals surface area contributed by atoms with E-state index in [1.165, 1.54) is 18.5 Å². The fourth-order valence-corrected chi connectivity index (χ4v) is 1.78. The summed E-state index contributed by atoms with van der Waals surface area (Å²) in [7, 11) is 0. The fraction of sp³-hybridized carbons (Fsp3) is 0.0909. The van der Waals surface area contributed by atoms with Crippen molar-refractivity contribution in [3.8, 4) is 0 Å². The minimum Gasteiger partial charge on any atom is -0.339 e. The van der Waals surface area contributed by atoms with Gasteiger partial charge in [0.2, 0.25) is 0 Å². The number of halogens is 4. The summed E-state index contributed by atoms with van der Waals surface area (Å²) in [5.41, 5.74) is -0.624. The molecule has 0 aliphatic carbocycles. The molecule has 0 amide bonds. The van der Waals surface area contributed by atoms with E-state index in [1.54, 1.807) is 22.6 Å². The van der Waals surface area contributed by atoms with E-state index < -0.39 is 11.7 Å². The van der Waals surface area contributed by atoms with Crippen LogP contribution in [0.1, 0.15) is 5.56 Å². The van der Waals surface area contributed by atoms with Gasteiger partial charge >= 0.3 is 6.18 Å². The van der Waals surface area contributed by atoms with Crippen LogP contribution in [0.2, 0.25) is 0 Å². The molecule has 0 spiro atoms. The van der Waals surface area contributed by atoms with Gasteiger partial charge in [0.1, 0.15) is 3.57 Å². The lowest BCUT2D eigenvalue weighted by Crippen LogP contribution is -2.13. The average molecular weight is 381 g/mol. The molecule has 0 aliphatic heterocycles. The second-order valence-electron chi connectivity index (χ2n) is 3.59. The van der Waals surface area contributed by atoms with E-state index in [1.807, 2.05) is 0 Å². The molecule has 0 bridgehead atoms. The molecular formula is C11H7F3IN3O. The molecule has 0 saturated heterocycles. The van der Waals surface area contributed by atoms with Crippen molar-refractivity contribution in [1.29, 1.82) is 0 Å². The van der Waals surface area contributed by atoms with Gasteiger partial charge in [0, 0.05) is 5.69 Å². The second kappa shape index (κ2) is 5.19. The lowest BCUT2D eigenvalue weighted by molar-refractivity contribution is -0.137. The molecule has 2 rings (SSSR count). The minimum absolute atomic E-state index is 0.295. The Labute approximate surface area is 119 Å². The summed E-state index contributed by atoms with van der Waals surface area (Å²) in [5.74, 6) is 0.295. The largest absolute Gasteiger partial charge is 0.416 e. The molecule has 2 aromatic rings. The van der Waals surface area contributed by atoms with Gasteiger partial charge in [-0.3, -0.25) is 4.79 Å². The predicted molar refractivity (Wildman–Crippen MR) is 72.3 cm³/mol. The third-order valence-electron chi connectivity index (χ3n) is 2.27. The van der Waals surface area contributed by atoms with Crippen LogP contribution in [-0.2, 0) is 6.18 Å². The minimum atomic E-state index is -4.37. The zero-order valence-electron chi connectivity index (χ0n) is 9.25. The molecule has 1 aromatic carbocycles. The van der Waals surface area contributed by atoms with Gasteiger partial charge in [-0.2, -0.15) is 13.2 Å². The molecule has 0 saturated carbocycles. The van der Waals surface area contributed by atoms with Crippen molar-refractivity contribution >= 4 is 34.1 Å². The van der Waals surface area contributed by atoms with Crippen LogP contribution in [0.3, 0.4) is 0 Å². The third-order valence-corrected chi connectivity index (χ3v) is 3.27. The Hall–Kier alpha value is -1.58. The number of H-pyrrole nitrogens is 1. The van der Waals surface area contributed by atoms with Crippen LogP contribution in [0.15, 0.2) is 35.4 Å². The summed E-state index contributed by atoms with van der Waals surface area (Å²) in [6.07, 6.45) is -3.15. The van der Waals surface area contributed by atoms with Crippen LogP contribution in [0.5, 0.6) is 0 Å². The lowest BCUT2D eigenvalue weighted by Gasteiger charge is -2.09. The zero-order chi connectivity index (χ0) is 14.0. The first-order valence-electron chi connectivity index (χ1n) is 5.05. The van der Waals surface area contributed by atoms with Crippen LogP contribution < -0.4 is 10.9 Å². The van der Waals surface area contributed by atoms with Gasteiger partial charge in [-0.1, -0.05) is 0 Å². The number of hydrogen-bond acceptors (Lipinski definition) is 3. The van der Waals surface area contributed by atoms with E-state index in [4.69, 9.17) is 0 Å². The molecule has 0 atom stereocenters. The summed E-state index contributed by atoms with van der Waals surface area (Å²) in [4.78, 5) is 17.6. The molecule has 8 heteroatoms. The third kappa shape index (κ3) is 3.25. The quantitative estimate of drug-likeness (QED) is 0.787. The SMILES string of the molecule is O=c1[nH]cnc(Nc2ccc(C(F)(F)F)cc2)c1I. The van der Waals surface area contributed by atoms with E-state index in [2.05, 4.69) is 15.3 Å². The number of nitrogens with one attached hydrogen (secondary N) is 2. The van der Waals surface area contributed by atoms with Crippen LogP contribution in [0.25, 0.3) is 0 Å². The first-order chi connectivity index (χ1) is 8.88. The van der Waals surface area contributed by atoms with Crippen LogP contribution in [0.4, 0.5) is 24.7 Å². The number of aromatic nitrogens is 2. The van der Waals surface area contributed by atoms with Crippen molar-refractivity contribution in [2.75, 3.05) is 5.32 Å². The molecule has 1 heterocycles. The van der Waals surface area contributed by atoms with Crippen molar-refractivity contribution in [3.05, 3.63) is 50.1 Å². The van der Waals surface area contributed by atoms with Crippen molar-refractivity contribution in [1.82, 2.24) is 9.97 Å². The van der Waals surface area contributed by atoms with Crippen molar-refractivity contribution in [3.63, 3.8) is 0 Å². The lowest BCUT2D eigenvalue weighted by atomic mass is 10.2. The summed E-state index contributed by atoms with van der Waals surface area (Å²) >= 11 is 1.80. The van der Waals surface area contributed by atoms with E-state index in [-0.39, 0.29) is 5.56 Å². The first kappa shape index (κ1) is 13.8. The van der Waals surface area contributed by atoms with Crippen LogP contribution >= 0.6 is 22.6 Å². The van der Waals surface area contributed by atoms with Gasteiger partial charge < -0.3 is 10.3 Å². The number of hydrogen-bond donors (Lipinski definition) is 2. The van der Waals surface area contributed by atoms with Gasteiger partial charge in [-0.15, -0.1) is 0 Å². The maximum atomic E-state index is 12.4. The first-order valence-corrected chi connectivity index (χ1v) is 6.13. The molecule has 100 valence electrons. The topological polar surface area (TPSA) is 57.8 Å². The highest BCUT2D eigenvalue weighted by atomic mass is 127. The zero-order valence-corrected chi connectivity index (χ0v) is 11.4. The molecule has 19 heavy (non-hydrogen) atoms. The maximum absolute atomic E-state index is 12.4. The number of anilines is 2. The van der Waals surface area contributed by atoms with Gasteiger partial charge in [0.05, 0.1) is 11.9 Å². The molecule has 1 aromatic heterocycles. The Morgan fingerprint density at radius 3 is 2.42 bits per heavy atom. The molecule has 0 aliphatic rings. The predicted octanol–water partition coefficient (Wildman–Crippen LogP) is 3.14. The van der Waals surface area contributed by atoms with E-state index in [0.29, 0.717) is 15.1 Å². The Bertz CT molecular complexity index is 637. The normalized spacial score (nSPS) is 11.4. The monoisotopic (exact) mass is 381 g/mol. The number of rotatable bonds is 2. The molecular weight excluding hydrogens is 374 g/mol. The summed E-state index contributed by atoms with van der Waals surface area (Å²) in [6, 6.07) is 4.48. The van der Waals surface area contributed by atoms with Crippen molar-refractivity contribution in [2.24, 2.45) is 0 Å². The summed E-state index contributed by atoms with van der Waals surface area (Å²) < 4.78 is 37.5. The van der Waals surface area contributed by atoms with E-state index in [0.717, 1.165) is 12.1 Å². The molecule has 2 N–H and O–H groups in total.